The van der Waals surface area contributed by atoms with Gasteiger partial charge in [-0.15, -0.1) is 12.4 Å². The van der Waals surface area contributed by atoms with Gasteiger partial charge in [0.2, 0.25) is 0 Å². The summed E-state index contributed by atoms with van der Waals surface area (Å²) in [6, 6.07) is 6.82. The summed E-state index contributed by atoms with van der Waals surface area (Å²) in [6.07, 6.45) is 4.71. The van der Waals surface area contributed by atoms with Crippen molar-refractivity contribution < 1.29 is 4.74 Å². The molecule has 0 aromatic heterocycles. The first-order valence-electron chi connectivity index (χ1n) is 7.61. The number of halogens is 1. The van der Waals surface area contributed by atoms with Crippen LogP contribution in [-0.4, -0.2) is 12.6 Å². The Bertz CT molecular complexity index is 415. The Morgan fingerprint density at radius 1 is 1.30 bits per heavy atom. The molecule has 2 atom stereocenters. The highest BCUT2D eigenvalue weighted by molar-refractivity contribution is 5.85. The van der Waals surface area contributed by atoms with Gasteiger partial charge >= 0.3 is 0 Å². The van der Waals surface area contributed by atoms with Gasteiger partial charge in [-0.1, -0.05) is 26.0 Å². The molecule has 114 valence electrons. The van der Waals surface area contributed by atoms with Gasteiger partial charge in [0, 0.05) is 6.04 Å². The van der Waals surface area contributed by atoms with Gasteiger partial charge < -0.3 is 10.5 Å². The Labute approximate surface area is 129 Å². The lowest BCUT2D eigenvalue weighted by atomic mass is 9.94. The maximum absolute atomic E-state index is 5.97. The summed E-state index contributed by atoms with van der Waals surface area (Å²) < 4.78 is 5.97. The van der Waals surface area contributed by atoms with E-state index in [1.54, 1.807) is 0 Å². The summed E-state index contributed by atoms with van der Waals surface area (Å²) in [6.45, 7) is 7.43. The van der Waals surface area contributed by atoms with E-state index in [0.717, 1.165) is 24.7 Å². The Balaban J connectivity index is 0.00000200. The van der Waals surface area contributed by atoms with E-state index in [9.17, 15) is 0 Å². The van der Waals surface area contributed by atoms with E-state index in [2.05, 4.69) is 39.0 Å². The average molecular weight is 298 g/mol. The number of rotatable bonds is 7. The van der Waals surface area contributed by atoms with E-state index in [0.29, 0.717) is 5.92 Å². The summed E-state index contributed by atoms with van der Waals surface area (Å²) in [5.74, 6) is 2.43. The summed E-state index contributed by atoms with van der Waals surface area (Å²) in [5, 5.41) is 0. The van der Waals surface area contributed by atoms with Crippen LogP contribution in [0.2, 0.25) is 0 Å². The molecule has 1 saturated carbocycles. The highest BCUT2D eigenvalue weighted by Gasteiger charge is 2.22. The monoisotopic (exact) mass is 297 g/mol. The number of hydrogen-bond acceptors (Lipinski definition) is 2. The third-order valence-electron chi connectivity index (χ3n) is 3.98. The molecule has 0 radical (unpaired) electrons. The van der Waals surface area contributed by atoms with Crippen LogP contribution in [0.4, 0.5) is 0 Å². The van der Waals surface area contributed by atoms with Crippen LogP contribution >= 0.6 is 12.4 Å². The Kier molecular flexibility index (Phi) is 6.84. The van der Waals surface area contributed by atoms with Gasteiger partial charge in [-0.05, 0) is 61.6 Å². The Hall–Kier alpha value is -0.730. The van der Waals surface area contributed by atoms with Crippen LogP contribution in [0.15, 0.2) is 18.2 Å². The summed E-state index contributed by atoms with van der Waals surface area (Å²) >= 11 is 0. The molecule has 1 aromatic carbocycles. The fourth-order valence-electron chi connectivity index (χ4n) is 2.28. The first-order chi connectivity index (χ1) is 9.10. The highest BCUT2D eigenvalue weighted by atomic mass is 35.5. The lowest BCUT2D eigenvalue weighted by Crippen LogP contribution is -2.18. The molecule has 1 aliphatic carbocycles. The predicted molar refractivity (Wildman–Crippen MR) is 88.0 cm³/mol. The van der Waals surface area contributed by atoms with Gasteiger partial charge in [0.15, 0.2) is 0 Å². The van der Waals surface area contributed by atoms with Gasteiger partial charge in [0.1, 0.15) is 5.75 Å². The van der Waals surface area contributed by atoms with E-state index < -0.39 is 0 Å². The van der Waals surface area contributed by atoms with Crippen LogP contribution in [0.1, 0.15) is 57.1 Å². The lowest BCUT2D eigenvalue weighted by molar-refractivity contribution is 0.296. The maximum Gasteiger partial charge on any atom is 0.122 e. The molecular formula is C17H28ClNO. The number of nitrogens with two attached hydrogens (primary N) is 1. The normalized spacial score (nSPS) is 17.2. The fraction of sp³-hybridized carbons (Fsp3) is 0.647. The van der Waals surface area contributed by atoms with Crippen LogP contribution < -0.4 is 10.5 Å². The van der Waals surface area contributed by atoms with Crippen LogP contribution in [0, 0.1) is 5.92 Å². The number of ether oxygens (including phenoxy) is 1. The Morgan fingerprint density at radius 3 is 2.55 bits per heavy atom. The molecule has 0 bridgehead atoms. The van der Waals surface area contributed by atoms with Gasteiger partial charge in [-0.3, -0.25) is 0 Å². The highest BCUT2D eigenvalue weighted by Crippen LogP contribution is 2.32. The second-order valence-corrected chi connectivity index (χ2v) is 6.11. The van der Waals surface area contributed by atoms with Crippen molar-refractivity contribution in [3.8, 4) is 5.75 Å². The van der Waals surface area contributed by atoms with Crippen LogP contribution in [0.3, 0.4) is 0 Å². The van der Waals surface area contributed by atoms with Crippen molar-refractivity contribution in [2.45, 2.75) is 58.4 Å². The van der Waals surface area contributed by atoms with E-state index in [1.165, 1.54) is 30.4 Å². The largest absolute Gasteiger partial charge is 0.493 e. The molecule has 1 aromatic rings. The van der Waals surface area contributed by atoms with Crippen molar-refractivity contribution in [1.82, 2.24) is 0 Å². The van der Waals surface area contributed by atoms with Crippen molar-refractivity contribution in [3.63, 3.8) is 0 Å². The molecule has 2 N–H and O–H groups in total. The topological polar surface area (TPSA) is 35.2 Å². The summed E-state index contributed by atoms with van der Waals surface area (Å²) in [7, 11) is 0. The van der Waals surface area contributed by atoms with Crippen molar-refractivity contribution in [1.29, 1.82) is 0 Å². The summed E-state index contributed by atoms with van der Waals surface area (Å²) in [5.41, 5.74) is 8.64. The third kappa shape index (κ3) is 4.99. The van der Waals surface area contributed by atoms with Crippen LogP contribution in [-0.2, 0) is 6.42 Å². The van der Waals surface area contributed by atoms with E-state index in [4.69, 9.17) is 10.5 Å². The molecule has 0 saturated heterocycles. The van der Waals surface area contributed by atoms with E-state index in [-0.39, 0.29) is 18.4 Å². The van der Waals surface area contributed by atoms with Gasteiger partial charge in [0.25, 0.3) is 0 Å². The second kappa shape index (κ2) is 7.90. The second-order valence-electron chi connectivity index (χ2n) is 6.11. The SMILES string of the molecule is CCC(C)c1ccc(OCC2CC2)c(CC(C)N)c1.Cl. The molecule has 0 spiro atoms. The van der Waals surface area contributed by atoms with Crippen molar-refractivity contribution in [2.75, 3.05) is 6.61 Å². The predicted octanol–water partition coefficient (Wildman–Crippen LogP) is 4.30. The molecule has 2 nitrogen and oxygen atoms in total. The van der Waals surface area contributed by atoms with Crippen molar-refractivity contribution in [2.24, 2.45) is 11.7 Å². The minimum Gasteiger partial charge on any atom is -0.493 e. The number of benzene rings is 1. The van der Waals surface area contributed by atoms with Crippen molar-refractivity contribution >= 4 is 12.4 Å². The first-order valence-corrected chi connectivity index (χ1v) is 7.61. The molecule has 0 heterocycles. The molecule has 1 fully saturated rings. The van der Waals surface area contributed by atoms with Crippen LogP contribution in [0.5, 0.6) is 5.75 Å². The van der Waals surface area contributed by atoms with Gasteiger partial charge in [-0.2, -0.15) is 0 Å². The van der Waals surface area contributed by atoms with E-state index >= 15 is 0 Å². The number of hydrogen-bond donors (Lipinski definition) is 1. The zero-order chi connectivity index (χ0) is 13.8. The third-order valence-corrected chi connectivity index (χ3v) is 3.98. The zero-order valence-electron chi connectivity index (χ0n) is 12.9. The lowest BCUT2D eigenvalue weighted by Gasteiger charge is -2.17. The van der Waals surface area contributed by atoms with Crippen molar-refractivity contribution in [3.05, 3.63) is 29.3 Å². The average Bonchev–Trinajstić information content (AvgIpc) is 3.19. The molecule has 2 unspecified atom stereocenters. The molecule has 1 aliphatic rings. The quantitative estimate of drug-likeness (QED) is 0.814. The maximum atomic E-state index is 5.97. The minimum atomic E-state index is 0. The Morgan fingerprint density at radius 2 is 2.00 bits per heavy atom. The zero-order valence-corrected chi connectivity index (χ0v) is 13.7. The molecule has 2 rings (SSSR count). The van der Waals surface area contributed by atoms with Crippen LogP contribution in [0.25, 0.3) is 0 Å². The summed E-state index contributed by atoms with van der Waals surface area (Å²) in [4.78, 5) is 0. The molecule has 0 amide bonds. The van der Waals surface area contributed by atoms with E-state index in [1.807, 2.05) is 0 Å². The molecule has 0 aliphatic heterocycles. The van der Waals surface area contributed by atoms with Gasteiger partial charge in [0.05, 0.1) is 6.61 Å². The van der Waals surface area contributed by atoms with Gasteiger partial charge in [-0.25, -0.2) is 0 Å². The molecule has 20 heavy (non-hydrogen) atoms. The molecule has 3 heteroatoms. The minimum absolute atomic E-state index is 0. The standard InChI is InChI=1S/C17H27NO.ClH/c1-4-12(2)15-7-8-17(19-11-14-5-6-14)16(10-15)9-13(3)18;/h7-8,10,12-14H,4-6,9,11,18H2,1-3H3;1H. The fourth-order valence-corrected chi connectivity index (χ4v) is 2.28. The smallest absolute Gasteiger partial charge is 0.122 e. The first kappa shape index (κ1) is 17.3. The molecular weight excluding hydrogens is 270 g/mol.